The summed E-state index contributed by atoms with van der Waals surface area (Å²) in [4.78, 5) is 12.8. The van der Waals surface area contributed by atoms with E-state index in [9.17, 15) is 4.79 Å². The molecule has 0 heterocycles. The van der Waals surface area contributed by atoms with Gasteiger partial charge in [0, 0.05) is 22.5 Å². The van der Waals surface area contributed by atoms with Crippen molar-refractivity contribution in [3.63, 3.8) is 0 Å². The average Bonchev–Trinajstić information content (AvgIpc) is 2.37. The first kappa shape index (κ1) is 16.5. The summed E-state index contributed by atoms with van der Waals surface area (Å²) in [5, 5.41) is 11.5. The van der Waals surface area contributed by atoms with Crippen LogP contribution >= 0.6 is 27.7 Å². The Bertz CT molecular complexity index is 412. The minimum Gasteiger partial charge on any atom is -0.396 e. The van der Waals surface area contributed by atoms with E-state index in [1.54, 1.807) is 11.8 Å². The highest BCUT2D eigenvalue weighted by atomic mass is 79.9. The average molecular weight is 346 g/mol. The standard InChI is InChI=1S/C14H20BrNO2S/c1-11-9-12(15)5-6-13(11)19-10-14(18)16-7-3-2-4-8-17/h5-6,9,17H,2-4,7-8,10H2,1H3,(H,16,18). The van der Waals surface area contributed by atoms with E-state index in [1.807, 2.05) is 19.1 Å². The van der Waals surface area contributed by atoms with Crippen LogP contribution in [0.3, 0.4) is 0 Å². The molecule has 1 aromatic carbocycles. The van der Waals surface area contributed by atoms with Gasteiger partial charge in [-0.1, -0.05) is 15.9 Å². The van der Waals surface area contributed by atoms with E-state index >= 15 is 0 Å². The maximum atomic E-state index is 11.6. The third-order valence-corrected chi connectivity index (χ3v) is 4.32. The predicted octanol–water partition coefficient (Wildman–Crippen LogP) is 3.13. The lowest BCUT2D eigenvalue weighted by atomic mass is 10.2. The van der Waals surface area contributed by atoms with Gasteiger partial charge in [0.25, 0.3) is 0 Å². The molecule has 0 aromatic heterocycles. The molecule has 106 valence electrons. The van der Waals surface area contributed by atoms with Gasteiger partial charge in [0.2, 0.25) is 5.91 Å². The number of aryl methyl sites for hydroxylation is 1. The van der Waals surface area contributed by atoms with Gasteiger partial charge in [-0.3, -0.25) is 4.79 Å². The molecule has 0 saturated carbocycles. The Morgan fingerprint density at radius 1 is 1.37 bits per heavy atom. The van der Waals surface area contributed by atoms with Crippen LogP contribution in [0.4, 0.5) is 0 Å². The first-order valence-electron chi connectivity index (χ1n) is 6.40. The van der Waals surface area contributed by atoms with Crippen molar-refractivity contribution in [3.8, 4) is 0 Å². The fraction of sp³-hybridized carbons (Fsp3) is 0.500. The molecule has 2 N–H and O–H groups in total. The molecule has 0 saturated heterocycles. The number of thioether (sulfide) groups is 1. The highest BCUT2D eigenvalue weighted by Gasteiger charge is 2.04. The van der Waals surface area contributed by atoms with E-state index in [4.69, 9.17) is 5.11 Å². The van der Waals surface area contributed by atoms with Crippen molar-refractivity contribution >= 4 is 33.6 Å². The summed E-state index contributed by atoms with van der Waals surface area (Å²) in [7, 11) is 0. The number of aliphatic hydroxyl groups excluding tert-OH is 1. The van der Waals surface area contributed by atoms with Gasteiger partial charge >= 0.3 is 0 Å². The zero-order chi connectivity index (χ0) is 14.1. The molecule has 5 heteroatoms. The number of aliphatic hydroxyl groups is 1. The Hall–Kier alpha value is -0.520. The molecule has 1 rings (SSSR count). The Morgan fingerprint density at radius 2 is 2.16 bits per heavy atom. The summed E-state index contributed by atoms with van der Waals surface area (Å²) in [6, 6.07) is 6.07. The monoisotopic (exact) mass is 345 g/mol. The van der Waals surface area contributed by atoms with E-state index in [0.717, 1.165) is 28.6 Å². The van der Waals surface area contributed by atoms with Gasteiger partial charge in [-0.05, 0) is 49.9 Å². The smallest absolute Gasteiger partial charge is 0.230 e. The molecule has 0 radical (unpaired) electrons. The summed E-state index contributed by atoms with van der Waals surface area (Å²) >= 11 is 4.98. The molecule has 0 aliphatic carbocycles. The highest BCUT2D eigenvalue weighted by molar-refractivity contribution is 9.10. The molecule has 19 heavy (non-hydrogen) atoms. The zero-order valence-corrected chi connectivity index (χ0v) is 13.5. The number of amides is 1. The van der Waals surface area contributed by atoms with Crippen molar-refractivity contribution in [2.75, 3.05) is 18.9 Å². The topological polar surface area (TPSA) is 49.3 Å². The summed E-state index contributed by atoms with van der Waals surface area (Å²) in [6.45, 7) is 2.96. The molecule has 0 fully saturated rings. The molecule has 3 nitrogen and oxygen atoms in total. The molecule has 0 aliphatic heterocycles. The minimum absolute atomic E-state index is 0.0660. The number of hydrogen-bond acceptors (Lipinski definition) is 3. The van der Waals surface area contributed by atoms with E-state index < -0.39 is 0 Å². The van der Waals surface area contributed by atoms with Crippen LogP contribution in [-0.4, -0.2) is 29.9 Å². The van der Waals surface area contributed by atoms with Gasteiger partial charge < -0.3 is 10.4 Å². The molecular weight excluding hydrogens is 326 g/mol. The van der Waals surface area contributed by atoms with Gasteiger partial charge in [0.05, 0.1) is 5.75 Å². The van der Waals surface area contributed by atoms with Crippen LogP contribution < -0.4 is 5.32 Å². The minimum atomic E-state index is 0.0660. The fourth-order valence-corrected chi connectivity index (χ4v) is 2.93. The third-order valence-electron chi connectivity index (χ3n) is 2.65. The lowest BCUT2D eigenvalue weighted by molar-refractivity contribution is -0.118. The van der Waals surface area contributed by atoms with Gasteiger partial charge in [-0.25, -0.2) is 0 Å². The number of benzene rings is 1. The first-order valence-corrected chi connectivity index (χ1v) is 8.18. The van der Waals surface area contributed by atoms with Gasteiger partial charge in [0.15, 0.2) is 0 Å². The Balaban J connectivity index is 2.22. The van der Waals surface area contributed by atoms with Crippen molar-refractivity contribution < 1.29 is 9.90 Å². The summed E-state index contributed by atoms with van der Waals surface area (Å²) < 4.78 is 1.06. The van der Waals surface area contributed by atoms with Crippen molar-refractivity contribution in [2.45, 2.75) is 31.1 Å². The summed E-state index contributed by atoms with van der Waals surface area (Å²) in [5.41, 5.74) is 1.18. The lowest BCUT2D eigenvalue weighted by Crippen LogP contribution is -2.26. The molecule has 0 atom stereocenters. The number of unbranched alkanes of at least 4 members (excludes halogenated alkanes) is 2. The lowest BCUT2D eigenvalue weighted by Gasteiger charge is -2.07. The normalized spacial score (nSPS) is 10.5. The van der Waals surface area contributed by atoms with Crippen LogP contribution in [0.2, 0.25) is 0 Å². The SMILES string of the molecule is Cc1cc(Br)ccc1SCC(=O)NCCCCCO. The number of carbonyl (C=O) groups is 1. The van der Waals surface area contributed by atoms with Gasteiger partial charge in [-0.2, -0.15) is 0 Å². The second-order valence-electron chi connectivity index (χ2n) is 4.33. The van der Waals surface area contributed by atoms with Crippen LogP contribution in [-0.2, 0) is 4.79 Å². The molecular formula is C14H20BrNO2S. The summed E-state index contributed by atoms with van der Waals surface area (Å²) in [5.74, 6) is 0.513. The number of carbonyl (C=O) groups excluding carboxylic acids is 1. The number of nitrogens with one attached hydrogen (secondary N) is 1. The maximum Gasteiger partial charge on any atom is 0.230 e. The Kier molecular flexibility index (Phi) is 8.18. The second-order valence-corrected chi connectivity index (χ2v) is 6.27. The van der Waals surface area contributed by atoms with Crippen molar-refractivity contribution in [1.82, 2.24) is 5.32 Å². The van der Waals surface area contributed by atoms with Crippen molar-refractivity contribution in [2.24, 2.45) is 0 Å². The largest absolute Gasteiger partial charge is 0.396 e. The van der Waals surface area contributed by atoms with Crippen LogP contribution in [0.15, 0.2) is 27.6 Å². The van der Waals surface area contributed by atoms with E-state index in [1.165, 1.54) is 5.56 Å². The number of hydrogen-bond donors (Lipinski definition) is 2. The molecule has 0 aliphatic rings. The molecule has 0 bridgehead atoms. The molecule has 0 spiro atoms. The third kappa shape index (κ3) is 6.99. The van der Waals surface area contributed by atoms with Crippen LogP contribution in [0.5, 0.6) is 0 Å². The maximum absolute atomic E-state index is 11.6. The summed E-state index contributed by atoms with van der Waals surface area (Å²) in [6.07, 6.45) is 2.69. The second kappa shape index (κ2) is 9.39. The number of rotatable bonds is 8. The zero-order valence-electron chi connectivity index (χ0n) is 11.1. The fourth-order valence-electron chi connectivity index (χ4n) is 1.61. The quantitative estimate of drug-likeness (QED) is 0.562. The molecule has 0 unspecified atom stereocenters. The highest BCUT2D eigenvalue weighted by Crippen LogP contribution is 2.24. The van der Waals surface area contributed by atoms with Crippen molar-refractivity contribution in [1.29, 1.82) is 0 Å². The van der Waals surface area contributed by atoms with Crippen molar-refractivity contribution in [3.05, 3.63) is 28.2 Å². The van der Waals surface area contributed by atoms with Gasteiger partial charge in [-0.15, -0.1) is 11.8 Å². The van der Waals surface area contributed by atoms with E-state index in [-0.39, 0.29) is 12.5 Å². The van der Waals surface area contributed by atoms with E-state index in [2.05, 4.69) is 27.3 Å². The Morgan fingerprint density at radius 3 is 2.84 bits per heavy atom. The molecule has 1 amide bonds. The van der Waals surface area contributed by atoms with Crippen LogP contribution in [0.25, 0.3) is 0 Å². The van der Waals surface area contributed by atoms with Crippen LogP contribution in [0, 0.1) is 6.92 Å². The number of halogens is 1. The Labute approximate surface area is 127 Å². The van der Waals surface area contributed by atoms with Gasteiger partial charge in [0.1, 0.15) is 0 Å². The van der Waals surface area contributed by atoms with Crippen LogP contribution in [0.1, 0.15) is 24.8 Å². The predicted molar refractivity (Wildman–Crippen MR) is 83.5 cm³/mol. The first-order chi connectivity index (χ1) is 9.13. The molecule has 1 aromatic rings. The van der Waals surface area contributed by atoms with E-state index in [0.29, 0.717) is 12.3 Å².